The van der Waals surface area contributed by atoms with E-state index in [0.29, 0.717) is 11.7 Å². The summed E-state index contributed by atoms with van der Waals surface area (Å²) in [5.41, 5.74) is 1.99. The number of hydrogen-bond acceptors (Lipinski definition) is 3. The second kappa shape index (κ2) is 7.23. The van der Waals surface area contributed by atoms with Crippen LogP contribution in [0.15, 0.2) is 30.5 Å². The Balaban J connectivity index is 1.24. The fourth-order valence-electron chi connectivity index (χ4n) is 3.90. The number of anilines is 1. The highest BCUT2D eigenvalue weighted by Crippen LogP contribution is 2.33. The summed E-state index contributed by atoms with van der Waals surface area (Å²) in [4.78, 5) is 23.7. The molecular formula is C19H24N4O2S. The predicted molar refractivity (Wildman–Crippen MR) is 106 cm³/mol. The van der Waals surface area contributed by atoms with Gasteiger partial charge in [0.15, 0.2) is 0 Å². The van der Waals surface area contributed by atoms with E-state index in [9.17, 15) is 9.59 Å². The molecule has 0 spiro atoms. The van der Waals surface area contributed by atoms with Crippen LogP contribution in [0.3, 0.4) is 0 Å². The fraction of sp³-hybridized carbons (Fsp3) is 0.474. The summed E-state index contributed by atoms with van der Waals surface area (Å²) in [5.74, 6) is 1.05. The third-order valence-electron chi connectivity index (χ3n) is 5.28. The zero-order valence-electron chi connectivity index (χ0n) is 14.8. The van der Waals surface area contributed by atoms with Crippen LogP contribution in [-0.2, 0) is 11.8 Å². The number of thioether (sulfide) groups is 1. The number of urea groups is 1. The lowest BCUT2D eigenvalue weighted by molar-refractivity contribution is -0.116. The fourth-order valence-corrected chi connectivity index (χ4v) is 5.44. The number of nitrogens with zero attached hydrogens (tertiary/aromatic N) is 1. The molecule has 3 amide bonds. The van der Waals surface area contributed by atoms with Gasteiger partial charge in [-0.05, 0) is 31.0 Å². The molecule has 26 heavy (non-hydrogen) atoms. The molecule has 0 unspecified atom stereocenters. The average molecular weight is 372 g/mol. The van der Waals surface area contributed by atoms with E-state index in [2.05, 4.69) is 16.0 Å². The maximum Gasteiger partial charge on any atom is 0.315 e. The van der Waals surface area contributed by atoms with E-state index in [4.69, 9.17) is 0 Å². The van der Waals surface area contributed by atoms with Crippen LogP contribution in [0, 0.1) is 0 Å². The molecule has 3 N–H and O–H groups in total. The van der Waals surface area contributed by atoms with Crippen molar-refractivity contribution in [1.82, 2.24) is 15.2 Å². The van der Waals surface area contributed by atoms with Gasteiger partial charge in [0.05, 0.1) is 17.8 Å². The SMILES string of the molecule is Cn1ccc2c(NC(=O)CCCC[C@H]3SC[C@@H]4NC(=O)N[C@H]43)cccc21. The highest BCUT2D eigenvalue weighted by Gasteiger charge is 2.42. The van der Waals surface area contributed by atoms with Crippen molar-refractivity contribution < 1.29 is 9.59 Å². The Labute approximate surface area is 157 Å². The van der Waals surface area contributed by atoms with Crippen molar-refractivity contribution >= 4 is 40.3 Å². The van der Waals surface area contributed by atoms with Crippen LogP contribution in [0.4, 0.5) is 10.5 Å². The second-order valence-electron chi connectivity index (χ2n) is 7.08. The summed E-state index contributed by atoms with van der Waals surface area (Å²) < 4.78 is 2.05. The molecule has 3 atom stereocenters. The number of aryl methyl sites for hydroxylation is 1. The van der Waals surface area contributed by atoms with Crippen LogP contribution in [0.1, 0.15) is 25.7 Å². The first kappa shape index (κ1) is 17.3. The zero-order valence-corrected chi connectivity index (χ0v) is 15.6. The number of hydrogen-bond donors (Lipinski definition) is 3. The summed E-state index contributed by atoms with van der Waals surface area (Å²) in [6, 6.07) is 8.47. The Kier molecular flexibility index (Phi) is 4.80. The smallest absolute Gasteiger partial charge is 0.315 e. The normalized spacial score (nSPS) is 24.3. The zero-order chi connectivity index (χ0) is 18.1. The van der Waals surface area contributed by atoms with Gasteiger partial charge in [-0.3, -0.25) is 4.79 Å². The number of fused-ring (bicyclic) bond motifs is 2. The van der Waals surface area contributed by atoms with Crippen LogP contribution in [0.2, 0.25) is 0 Å². The first-order valence-electron chi connectivity index (χ1n) is 9.14. The van der Waals surface area contributed by atoms with E-state index in [-0.39, 0.29) is 24.0 Å². The molecule has 1 aromatic carbocycles. The Morgan fingerprint density at radius 2 is 2.19 bits per heavy atom. The van der Waals surface area contributed by atoms with E-state index < -0.39 is 0 Å². The first-order chi connectivity index (χ1) is 12.6. The molecule has 7 heteroatoms. The molecule has 2 aromatic rings. The maximum absolute atomic E-state index is 12.3. The Morgan fingerprint density at radius 3 is 3.08 bits per heavy atom. The molecule has 0 radical (unpaired) electrons. The monoisotopic (exact) mass is 372 g/mol. The van der Waals surface area contributed by atoms with Gasteiger partial charge in [-0.1, -0.05) is 12.5 Å². The van der Waals surface area contributed by atoms with Gasteiger partial charge in [-0.2, -0.15) is 11.8 Å². The standard InChI is InChI=1S/C19H24N4O2S/c1-23-10-9-12-13(5-4-6-15(12)23)20-17(24)8-3-2-7-16-18-14(11-26-16)21-19(25)22-18/h4-6,9-10,14,16,18H,2-3,7-8,11H2,1H3,(H,20,24)(H2,21,22,25)/t14-,16+,18+/m0/s1. The van der Waals surface area contributed by atoms with Gasteiger partial charge in [0.25, 0.3) is 0 Å². The number of nitrogens with one attached hydrogen (secondary N) is 3. The van der Waals surface area contributed by atoms with Crippen LogP contribution in [0.5, 0.6) is 0 Å². The van der Waals surface area contributed by atoms with Crippen molar-refractivity contribution in [2.75, 3.05) is 11.1 Å². The van der Waals surface area contributed by atoms with Gasteiger partial charge in [0.2, 0.25) is 5.91 Å². The van der Waals surface area contributed by atoms with Crippen molar-refractivity contribution in [2.24, 2.45) is 7.05 Å². The minimum absolute atomic E-state index is 0.0419. The Morgan fingerprint density at radius 1 is 1.31 bits per heavy atom. The minimum Gasteiger partial charge on any atom is -0.350 e. The third kappa shape index (κ3) is 3.40. The largest absolute Gasteiger partial charge is 0.350 e. The second-order valence-corrected chi connectivity index (χ2v) is 8.35. The highest BCUT2D eigenvalue weighted by molar-refractivity contribution is 8.00. The molecule has 0 aliphatic carbocycles. The first-order valence-corrected chi connectivity index (χ1v) is 10.2. The molecular weight excluding hydrogens is 348 g/mol. The van der Waals surface area contributed by atoms with E-state index in [1.165, 1.54) is 0 Å². The molecule has 0 bridgehead atoms. The number of aromatic nitrogens is 1. The molecule has 3 heterocycles. The summed E-state index contributed by atoms with van der Waals surface area (Å²) >= 11 is 1.92. The van der Waals surface area contributed by atoms with Crippen LogP contribution >= 0.6 is 11.8 Å². The molecule has 6 nitrogen and oxygen atoms in total. The number of unbranched alkanes of at least 4 members (excludes halogenated alkanes) is 1. The van der Waals surface area contributed by atoms with E-state index in [1.807, 2.05) is 53.8 Å². The average Bonchev–Trinajstić information content (AvgIpc) is 3.28. The summed E-state index contributed by atoms with van der Waals surface area (Å²) in [6.07, 6.45) is 5.43. The number of carbonyl (C=O) groups is 2. The van der Waals surface area contributed by atoms with E-state index >= 15 is 0 Å². The van der Waals surface area contributed by atoms with Crippen molar-refractivity contribution in [2.45, 2.75) is 43.0 Å². The lowest BCUT2D eigenvalue weighted by atomic mass is 10.0. The van der Waals surface area contributed by atoms with Crippen molar-refractivity contribution in [1.29, 1.82) is 0 Å². The number of carbonyl (C=O) groups excluding carboxylic acids is 2. The molecule has 4 rings (SSSR count). The quantitative estimate of drug-likeness (QED) is 0.539. The van der Waals surface area contributed by atoms with Crippen molar-refractivity contribution in [3.05, 3.63) is 30.5 Å². The van der Waals surface area contributed by atoms with Gasteiger partial charge in [0.1, 0.15) is 0 Å². The Hall–Kier alpha value is -2.15. The van der Waals surface area contributed by atoms with Crippen molar-refractivity contribution in [3.8, 4) is 0 Å². The van der Waals surface area contributed by atoms with Crippen LogP contribution < -0.4 is 16.0 Å². The maximum atomic E-state index is 12.3. The molecule has 2 aliphatic heterocycles. The number of benzene rings is 1. The van der Waals surface area contributed by atoms with Crippen LogP contribution in [-0.4, -0.2) is 39.6 Å². The lowest BCUT2D eigenvalue weighted by Gasteiger charge is -2.16. The van der Waals surface area contributed by atoms with E-state index in [1.54, 1.807) is 0 Å². The molecule has 2 saturated heterocycles. The van der Waals surface area contributed by atoms with Gasteiger partial charge in [-0.15, -0.1) is 0 Å². The van der Waals surface area contributed by atoms with Crippen molar-refractivity contribution in [3.63, 3.8) is 0 Å². The third-order valence-corrected chi connectivity index (χ3v) is 6.79. The lowest BCUT2D eigenvalue weighted by Crippen LogP contribution is -2.36. The summed E-state index contributed by atoms with van der Waals surface area (Å²) in [6.45, 7) is 0. The number of rotatable bonds is 6. The molecule has 0 saturated carbocycles. The predicted octanol–water partition coefficient (Wildman–Crippen LogP) is 2.84. The molecule has 1 aromatic heterocycles. The highest BCUT2D eigenvalue weighted by atomic mass is 32.2. The van der Waals surface area contributed by atoms with Gasteiger partial charge in [0, 0.05) is 41.6 Å². The summed E-state index contributed by atoms with van der Waals surface area (Å²) in [7, 11) is 2.00. The number of amides is 3. The van der Waals surface area contributed by atoms with Gasteiger partial charge < -0.3 is 20.5 Å². The topological polar surface area (TPSA) is 75.2 Å². The minimum atomic E-state index is -0.0419. The molecule has 138 valence electrons. The Bertz CT molecular complexity index is 834. The van der Waals surface area contributed by atoms with Gasteiger partial charge in [-0.25, -0.2) is 4.79 Å². The molecule has 2 fully saturated rings. The summed E-state index contributed by atoms with van der Waals surface area (Å²) in [5, 5.41) is 10.6. The molecule has 2 aliphatic rings. The van der Waals surface area contributed by atoms with Gasteiger partial charge >= 0.3 is 6.03 Å². The van der Waals surface area contributed by atoms with Crippen LogP contribution in [0.25, 0.3) is 10.9 Å². The van der Waals surface area contributed by atoms with E-state index in [0.717, 1.165) is 41.6 Å².